The Balaban J connectivity index is 1.31. The van der Waals surface area contributed by atoms with Crippen LogP contribution in [0.15, 0.2) is 78.9 Å². The molecule has 0 aromatic heterocycles. The van der Waals surface area contributed by atoms with Crippen LogP contribution < -0.4 is 10.6 Å². The second-order valence-electron chi connectivity index (χ2n) is 12.5. The van der Waals surface area contributed by atoms with Crippen molar-refractivity contribution in [2.45, 2.75) is 83.5 Å². The number of urea groups is 1. The SMILES string of the molecule is CC(=O)[C@@H](Cc1ccccc1)NC(=O)Nc1cccc(C2O[C@H](CN3CCCCCCC3)[C@H](C)[C@H](c3ccc(CO)cc3)O2)c1. The van der Waals surface area contributed by atoms with Gasteiger partial charge in [0.15, 0.2) is 12.1 Å². The predicted molar refractivity (Wildman–Crippen MR) is 176 cm³/mol. The van der Waals surface area contributed by atoms with Crippen LogP contribution in [-0.4, -0.2) is 53.6 Å². The van der Waals surface area contributed by atoms with Gasteiger partial charge < -0.3 is 30.1 Å². The summed E-state index contributed by atoms with van der Waals surface area (Å²) in [5, 5.41) is 15.3. The zero-order chi connectivity index (χ0) is 31.6. The van der Waals surface area contributed by atoms with Crippen molar-refractivity contribution in [3.8, 4) is 0 Å². The molecule has 5 rings (SSSR count). The lowest BCUT2D eigenvalue weighted by Gasteiger charge is -2.43. The number of likely N-dealkylation sites (tertiary alicyclic amines) is 1. The van der Waals surface area contributed by atoms with Gasteiger partial charge in [-0.05, 0) is 68.1 Å². The van der Waals surface area contributed by atoms with E-state index in [1.165, 1.54) is 39.0 Å². The van der Waals surface area contributed by atoms with Gasteiger partial charge in [-0.2, -0.15) is 0 Å². The molecule has 2 heterocycles. The van der Waals surface area contributed by atoms with Gasteiger partial charge in [0.05, 0.1) is 24.9 Å². The summed E-state index contributed by atoms with van der Waals surface area (Å²) in [5.41, 5.74) is 4.28. The Morgan fingerprint density at radius 3 is 2.27 bits per heavy atom. The van der Waals surface area contributed by atoms with Crippen molar-refractivity contribution in [2.24, 2.45) is 5.92 Å². The van der Waals surface area contributed by atoms with Crippen LogP contribution in [0.25, 0.3) is 0 Å². The Hall–Kier alpha value is -3.56. The van der Waals surface area contributed by atoms with Crippen molar-refractivity contribution in [1.29, 1.82) is 0 Å². The van der Waals surface area contributed by atoms with Crippen molar-refractivity contribution in [1.82, 2.24) is 10.2 Å². The quantitative estimate of drug-likeness (QED) is 0.240. The normalized spacial score (nSPS) is 23.4. The van der Waals surface area contributed by atoms with Gasteiger partial charge in [-0.15, -0.1) is 0 Å². The fourth-order valence-corrected chi connectivity index (χ4v) is 6.31. The summed E-state index contributed by atoms with van der Waals surface area (Å²) < 4.78 is 13.4. The van der Waals surface area contributed by atoms with E-state index in [4.69, 9.17) is 9.47 Å². The van der Waals surface area contributed by atoms with E-state index in [-0.39, 0.29) is 30.5 Å². The summed E-state index contributed by atoms with van der Waals surface area (Å²) in [6.45, 7) is 6.67. The minimum Gasteiger partial charge on any atom is -0.392 e. The number of ketones is 1. The number of aliphatic hydroxyl groups excluding tert-OH is 1. The number of ether oxygens (including phenoxy) is 2. The van der Waals surface area contributed by atoms with Gasteiger partial charge in [0.1, 0.15) is 0 Å². The van der Waals surface area contributed by atoms with Crippen LogP contribution in [0.2, 0.25) is 0 Å². The third kappa shape index (κ3) is 9.23. The summed E-state index contributed by atoms with van der Waals surface area (Å²) >= 11 is 0. The number of anilines is 1. The minimum absolute atomic E-state index is 0.00251. The van der Waals surface area contributed by atoms with Crippen molar-refractivity contribution in [3.05, 3.63) is 101 Å². The van der Waals surface area contributed by atoms with Crippen molar-refractivity contribution in [2.75, 3.05) is 25.0 Å². The largest absolute Gasteiger partial charge is 0.392 e. The number of hydrogen-bond acceptors (Lipinski definition) is 6. The molecular formula is C37H47N3O5. The average molecular weight is 614 g/mol. The van der Waals surface area contributed by atoms with Crippen LogP contribution >= 0.6 is 0 Å². The van der Waals surface area contributed by atoms with Crippen LogP contribution in [0.3, 0.4) is 0 Å². The van der Waals surface area contributed by atoms with Crippen molar-refractivity contribution in [3.63, 3.8) is 0 Å². The van der Waals surface area contributed by atoms with E-state index >= 15 is 0 Å². The Morgan fingerprint density at radius 1 is 0.867 bits per heavy atom. The maximum atomic E-state index is 13.0. The summed E-state index contributed by atoms with van der Waals surface area (Å²) in [5.74, 6) is -0.00287. The van der Waals surface area contributed by atoms with Crippen molar-refractivity contribution >= 4 is 17.5 Å². The molecule has 0 spiro atoms. The summed E-state index contributed by atoms with van der Waals surface area (Å²) in [6.07, 6.45) is 5.81. The maximum Gasteiger partial charge on any atom is 0.319 e. The van der Waals surface area contributed by atoms with Crippen LogP contribution in [0.5, 0.6) is 0 Å². The van der Waals surface area contributed by atoms with E-state index in [1.807, 2.05) is 78.9 Å². The van der Waals surface area contributed by atoms with Gasteiger partial charge in [0.25, 0.3) is 0 Å². The smallest absolute Gasteiger partial charge is 0.319 e. The molecule has 2 fully saturated rings. The lowest BCUT2D eigenvalue weighted by atomic mass is 9.89. The first kappa shape index (κ1) is 32.8. The molecule has 3 aromatic rings. The molecule has 0 saturated carbocycles. The zero-order valence-corrected chi connectivity index (χ0v) is 26.5. The molecule has 0 bridgehead atoms. The van der Waals surface area contributed by atoms with Gasteiger partial charge in [-0.25, -0.2) is 4.79 Å². The Labute approximate surface area is 267 Å². The molecule has 240 valence electrons. The highest BCUT2D eigenvalue weighted by atomic mass is 16.7. The van der Waals surface area contributed by atoms with E-state index in [0.29, 0.717) is 12.1 Å². The molecule has 0 aliphatic carbocycles. The number of rotatable bonds is 10. The molecule has 3 N–H and O–H groups in total. The first-order valence-electron chi connectivity index (χ1n) is 16.3. The molecule has 5 atom stereocenters. The molecule has 8 heteroatoms. The molecule has 3 aromatic carbocycles. The number of amides is 2. The topological polar surface area (TPSA) is 100 Å². The van der Waals surface area contributed by atoms with Gasteiger partial charge >= 0.3 is 6.03 Å². The minimum atomic E-state index is -0.635. The van der Waals surface area contributed by atoms with Crippen LogP contribution in [0, 0.1) is 5.92 Å². The third-order valence-electron chi connectivity index (χ3n) is 9.01. The predicted octanol–water partition coefficient (Wildman–Crippen LogP) is 6.56. The number of nitrogens with zero attached hydrogens (tertiary/aromatic N) is 1. The third-order valence-corrected chi connectivity index (χ3v) is 9.01. The Morgan fingerprint density at radius 2 is 1.58 bits per heavy atom. The molecule has 8 nitrogen and oxygen atoms in total. The van der Waals surface area contributed by atoms with Crippen LogP contribution in [0.1, 0.15) is 80.6 Å². The standard InChI is InChI=1S/C37H47N3O5/c1-26-34(24-40-20-9-4-3-5-10-21-40)44-36(45-35(26)30-18-16-29(25-41)17-19-30)31-14-11-15-32(23-31)38-37(43)39-33(27(2)42)22-28-12-7-6-8-13-28/h6-8,11-19,23,26,33-36,41H,3-5,9-10,20-22,24-25H2,1-2H3,(H2,38,39,43)/t26-,33+,34+,35+,36?/m0/s1. The fraction of sp³-hybridized carbons (Fsp3) is 0.459. The van der Waals surface area contributed by atoms with E-state index < -0.39 is 18.4 Å². The summed E-state index contributed by atoms with van der Waals surface area (Å²) in [7, 11) is 0. The van der Waals surface area contributed by atoms with E-state index in [1.54, 1.807) is 0 Å². The molecule has 1 unspecified atom stereocenters. The second kappa shape index (κ2) is 16.1. The van der Waals surface area contributed by atoms with E-state index in [2.05, 4.69) is 22.5 Å². The highest BCUT2D eigenvalue weighted by Crippen LogP contribution is 2.42. The lowest BCUT2D eigenvalue weighted by Crippen LogP contribution is -2.45. The lowest BCUT2D eigenvalue weighted by molar-refractivity contribution is -0.276. The molecule has 0 radical (unpaired) electrons. The number of aliphatic hydroxyl groups is 1. The number of hydrogen-bond donors (Lipinski definition) is 3. The van der Waals surface area contributed by atoms with E-state index in [9.17, 15) is 14.7 Å². The first-order chi connectivity index (χ1) is 21.9. The molecule has 2 aliphatic rings. The zero-order valence-electron chi connectivity index (χ0n) is 26.5. The summed E-state index contributed by atoms with van der Waals surface area (Å²) in [6, 6.07) is 24.0. The van der Waals surface area contributed by atoms with Crippen molar-refractivity contribution < 1.29 is 24.2 Å². The summed E-state index contributed by atoms with van der Waals surface area (Å²) in [4.78, 5) is 27.9. The maximum absolute atomic E-state index is 13.0. The Kier molecular flexibility index (Phi) is 11.8. The first-order valence-corrected chi connectivity index (χ1v) is 16.3. The number of benzene rings is 3. The molecular weight excluding hydrogens is 566 g/mol. The van der Waals surface area contributed by atoms with Gasteiger partial charge in [0, 0.05) is 23.7 Å². The number of nitrogens with one attached hydrogen (secondary N) is 2. The number of Topliss-reactive ketones (excluding diaryl/α,β-unsaturated/α-hetero) is 1. The molecule has 45 heavy (non-hydrogen) atoms. The highest BCUT2D eigenvalue weighted by molar-refractivity contribution is 5.93. The number of carbonyl (C=O) groups excluding carboxylic acids is 2. The highest BCUT2D eigenvalue weighted by Gasteiger charge is 2.39. The number of carbonyl (C=O) groups is 2. The Bertz CT molecular complexity index is 1370. The average Bonchev–Trinajstić information content (AvgIpc) is 3.03. The van der Waals surface area contributed by atoms with Gasteiger partial charge in [-0.1, -0.05) is 92.9 Å². The van der Waals surface area contributed by atoms with Crippen LogP contribution in [0.4, 0.5) is 10.5 Å². The molecule has 2 amide bonds. The fourth-order valence-electron chi connectivity index (χ4n) is 6.31. The van der Waals surface area contributed by atoms with Crippen LogP contribution in [-0.2, 0) is 27.3 Å². The van der Waals surface area contributed by atoms with Gasteiger partial charge in [-0.3, -0.25) is 4.79 Å². The molecule has 2 aliphatic heterocycles. The monoisotopic (exact) mass is 613 g/mol. The molecule has 2 saturated heterocycles. The van der Waals surface area contributed by atoms with Gasteiger partial charge in [0.2, 0.25) is 0 Å². The van der Waals surface area contributed by atoms with E-state index in [0.717, 1.165) is 41.9 Å². The second-order valence-corrected chi connectivity index (χ2v) is 12.5.